The third kappa shape index (κ3) is 11.2. The number of halogens is 4. The van der Waals surface area contributed by atoms with E-state index in [-0.39, 0.29) is 48.8 Å². The molecule has 16 nitrogen and oxygen atoms in total. The lowest BCUT2D eigenvalue weighted by Gasteiger charge is -2.13. The quantitative estimate of drug-likeness (QED) is 0.0273. The Morgan fingerprint density at radius 2 is 1.05 bits per heavy atom. The van der Waals surface area contributed by atoms with Gasteiger partial charge < -0.3 is 9.47 Å². The zero-order chi connectivity index (χ0) is 41.9. The molecule has 1 atom stereocenters. The maximum Gasteiger partial charge on any atom is 0.345 e. The van der Waals surface area contributed by atoms with Gasteiger partial charge in [0.15, 0.2) is 0 Å². The molecule has 0 aliphatic rings. The van der Waals surface area contributed by atoms with Crippen LogP contribution in [-0.2, 0) is 16.0 Å². The summed E-state index contributed by atoms with van der Waals surface area (Å²) in [5.74, 6) is -5.89. The van der Waals surface area contributed by atoms with Crippen molar-refractivity contribution in [3.8, 4) is 11.5 Å². The second-order valence-corrected chi connectivity index (χ2v) is 13.4. The summed E-state index contributed by atoms with van der Waals surface area (Å²) < 4.78 is 10.4. The number of carbonyl (C=O) groups is 4. The number of esters is 2. The molecular formula is C38H24Cl4N6O10. The number of benzene rings is 5. The molecule has 0 aliphatic heterocycles. The number of amides is 2. The first-order valence-electron chi connectivity index (χ1n) is 16.3. The van der Waals surface area contributed by atoms with E-state index in [1.807, 2.05) is 0 Å². The molecule has 294 valence electrons. The van der Waals surface area contributed by atoms with Gasteiger partial charge in [0.05, 0.1) is 43.4 Å². The number of nitrogens with one attached hydrogen (secondary N) is 2. The van der Waals surface area contributed by atoms with Gasteiger partial charge in [-0.15, -0.1) is 0 Å². The van der Waals surface area contributed by atoms with Gasteiger partial charge in [0.1, 0.15) is 5.92 Å². The molecule has 0 heterocycles. The predicted molar refractivity (Wildman–Crippen MR) is 214 cm³/mol. The SMILES string of the molecule is O=C(Oc1ccc(/C=N\NC(=O)C(Cc2ccccc2)C(=O)N/N=C/c2ccc(OC(=O)c3ccc(Cl)cc3Cl)c([N+](=O)[O-])c2)cc1[N+](=O)[O-])c1ccc(Cl)cc1Cl. The minimum atomic E-state index is -1.41. The normalized spacial score (nSPS) is 11.5. The van der Waals surface area contributed by atoms with E-state index in [1.54, 1.807) is 30.3 Å². The monoisotopic (exact) mass is 864 g/mol. The molecule has 0 aromatic heterocycles. The molecule has 2 amide bonds. The van der Waals surface area contributed by atoms with E-state index in [9.17, 15) is 39.4 Å². The number of hydrazone groups is 2. The summed E-state index contributed by atoms with van der Waals surface area (Å²) >= 11 is 23.8. The molecule has 1 unspecified atom stereocenters. The van der Waals surface area contributed by atoms with E-state index in [2.05, 4.69) is 21.1 Å². The van der Waals surface area contributed by atoms with E-state index in [4.69, 9.17) is 55.9 Å². The number of carbonyl (C=O) groups excluding carboxylic acids is 4. The van der Waals surface area contributed by atoms with Crippen LogP contribution in [0.2, 0.25) is 20.1 Å². The number of nitro groups is 2. The minimum Gasteiger partial charge on any atom is -0.416 e. The lowest BCUT2D eigenvalue weighted by Crippen LogP contribution is -2.39. The highest BCUT2D eigenvalue weighted by atomic mass is 35.5. The van der Waals surface area contributed by atoms with Crippen LogP contribution in [0.3, 0.4) is 0 Å². The Labute approximate surface area is 347 Å². The van der Waals surface area contributed by atoms with Crippen molar-refractivity contribution in [2.24, 2.45) is 16.1 Å². The summed E-state index contributed by atoms with van der Waals surface area (Å²) in [6, 6.07) is 23.6. The van der Waals surface area contributed by atoms with E-state index in [1.165, 1.54) is 48.5 Å². The highest BCUT2D eigenvalue weighted by Gasteiger charge is 2.28. The standard InChI is InChI=1S/C38H24Cl4N6O10/c39-24-8-10-26(29(41)17-24)37(51)57-33-12-6-22(15-31(33)47(53)54)19-43-45-35(49)28(14-21-4-2-1-3-5-21)36(50)46-44-20-23-7-13-34(32(16-23)48(55)56)58-38(52)27-11-9-25(40)18-30(27)42/h1-13,15-20,28H,14H2,(H,45,49)(H,46,50)/b43-19-,44-20+. The van der Waals surface area contributed by atoms with E-state index in [0.717, 1.165) is 36.7 Å². The predicted octanol–water partition coefficient (Wildman–Crippen LogP) is 8.01. The molecule has 0 radical (unpaired) electrons. The van der Waals surface area contributed by atoms with Crippen LogP contribution >= 0.6 is 46.4 Å². The first-order valence-corrected chi connectivity index (χ1v) is 17.8. The van der Waals surface area contributed by atoms with Crippen molar-refractivity contribution in [2.75, 3.05) is 0 Å². The number of ether oxygens (including phenoxy) is 2. The second-order valence-electron chi connectivity index (χ2n) is 11.7. The summed E-state index contributed by atoms with van der Waals surface area (Å²) in [4.78, 5) is 73.9. The van der Waals surface area contributed by atoms with E-state index >= 15 is 0 Å². The third-order valence-electron chi connectivity index (χ3n) is 7.76. The van der Waals surface area contributed by atoms with Crippen LogP contribution in [0.4, 0.5) is 11.4 Å². The number of nitro benzene ring substituents is 2. The van der Waals surface area contributed by atoms with Gasteiger partial charge in [-0.25, -0.2) is 20.4 Å². The molecule has 58 heavy (non-hydrogen) atoms. The van der Waals surface area contributed by atoms with Crippen LogP contribution in [0, 0.1) is 26.1 Å². The molecule has 5 aromatic rings. The average molecular weight is 866 g/mol. The van der Waals surface area contributed by atoms with Crippen molar-refractivity contribution in [3.63, 3.8) is 0 Å². The Morgan fingerprint density at radius 3 is 1.45 bits per heavy atom. The van der Waals surface area contributed by atoms with Gasteiger partial charge in [-0.3, -0.25) is 29.8 Å². The molecule has 2 N–H and O–H groups in total. The Bertz CT molecular complexity index is 2350. The average Bonchev–Trinajstić information content (AvgIpc) is 3.18. The van der Waals surface area contributed by atoms with Crippen molar-refractivity contribution in [1.82, 2.24) is 10.9 Å². The van der Waals surface area contributed by atoms with Crippen LogP contribution in [-0.4, -0.2) is 46.0 Å². The van der Waals surface area contributed by atoms with Gasteiger partial charge >= 0.3 is 23.3 Å². The lowest BCUT2D eigenvalue weighted by molar-refractivity contribution is -0.385. The van der Waals surface area contributed by atoms with Gasteiger partial charge in [-0.2, -0.15) is 10.2 Å². The fourth-order valence-corrected chi connectivity index (χ4v) is 5.93. The smallest absolute Gasteiger partial charge is 0.345 e. The van der Waals surface area contributed by atoms with Crippen molar-refractivity contribution in [1.29, 1.82) is 0 Å². The lowest BCUT2D eigenvalue weighted by atomic mass is 9.98. The van der Waals surface area contributed by atoms with Crippen molar-refractivity contribution in [2.45, 2.75) is 6.42 Å². The van der Waals surface area contributed by atoms with Crippen LogP contribution in [0.15, 0.2) is 113 Å². The number of hydrogen-bond donors (Lipinski definition) is 2. The van der Waals surface area contributed by atoms with Gasteiger partial charge in [-0.1, -0.05) is 76.7 Å². The second kappa shape index (κ2) is 19.4. The van der Waals surface area contributed by atoms with Gasteiger partial charge in [0.25, 0.3) is 11.8 Å². The maximum atomic E-state index is 13.3. The molecular weight excluding hydrogens is 842 g/mol. The molecule has 20 heteroatoms. The summed E-state index contributed by atoms with van der Waals surface area (Å²) in [7, 11) is 0. The van der Waals surface area contributed by atoms with Crippen molar-refractivity contribution >= 4 is 94.0 Å². The number of nitrogens with zero attached hydrogens (tertiary/aromatic N) is 4. The van der Waals surface area contributed by atoms with E-state index in [0.29, 0.717) is 5.56 Å². The zero-order valence-electron chi connectivity index (χ0n) is 29.1. The highest BCUT2D eigenvalue weighted by Crippen LogP contribution is 2.31. The Kier molecular flexibility index (Phi) is 14.2. The Balaban J connectivity index is 1.27. The Morgan fingerprint density at radius 1 is 0.621 bits per heavy atom. The fourth-order valence-electron chi connectivity index (χ4n) is 4.96. The maximum absolute atomic E-state index is 13.3. The van der Waals surface area contributed by atoms with Gasteiger partial charge in [-0.05, 0) is 72.6 Å². The molecule has 5 aromatic carbocycles. The van der Waals surface area contributed by atoms with Gasteiger partial charge in [0, 0.05) is 33.3 Å². The largest absolute Gasteiger partial charge is 0.416 e. The highest BCUT2D eigenvalue weighted by molar-refractivity contribution is 6.37. The van der Waals surface area contributed by atoms with Gasteiger partial charge in [0.2, 0.25) is 11.5 Å². The Hall–Kier alpha value is -6.72. The summed E-state index contributed by atoms with van der Waals surface area (Å²) in [5.41, 5.74) is 3.96. The molecule has 5 rings (SSSR count). The third-order valence-corrected chi connectivity index (χ3v) is 8.85. The molecule has 0 saturated carbocycles. The number of hydrogen-bond acceptors (Lipinski definition) is 12. The van der Waals surface area contributed by atoms with Crippen molar-refractivity contribution < 1.29 is 38.5 Å². The molecule has 0 fully saturated rings. The minimum absolute atomic E-state index is 0.0222. The summed E-state index contributed by atoms with van der Waals surface area (Å²) in [6.45, 7) is 0. The topological polar surface area (TPSA) is 222 Å². The number of rotatable bonds is 14. The van der Waals surface area contributed by atoms with E-state index < -0.39 is 62.4 Å². The van der Waals surface area contributed by atoms with Crippen molar-refractivity contribution in [3.05, 3.63) is 171 Å². The summed E-state index contributed by atoms with van der Waals surface area (Å²) in [6.07, 6.45) is 2.04. The zero-order valence-corrected chi connectivity index (χ0v) is 32.2. The molecule has 0 bridgehead atoms. The summed E-state index contributed by atoms with van der Waals surface area (Å²) in [5, 5.41) is 31.8. The molecule has 0 spiro atoms. The molecule has 0 saturated heterocycles. The fraction of sp³-hybridized carbons (Fsp3) is 0.0526. The van der Waals surface area contributed by atoms with Crippen LogP contribution in [0.5, 0.6) is 11.5 Å². The van der Waals surface area contributed by atoms with Crippen LogP contribution in [0.25, 0.3) is 0 Å². The first-order chi connectivity index (χ1) is 27.7. The van der Waals surface area contributed by atoms with Crippen LogP contribution < -0.4 is 20.3 Å². The first kappa shape index (κ1) is 42.4. The molecule has 0 aliphatic carbocycles. The van der Waals surface area contributed by atoms with Crippen LogP contribution in [0.1, 0.15) is 37.4 Å².